The summed E-state index contributed by atoms with van der Waals surface area (Å²) in [4.78, 5) is 15.0. The first kappa shape index (κ1) is 22.7. The first-order valence-electron chi connectivity index (χ1n) is 11.2. The van der Waals surface area contributed by atoms with Gasteiger partial charge in [-0.25, -0.2) is 0 Å². The van der Waals surface area contributed by atoms with E-state index >= 15 is 0 Å². The Morgan fingerprint density at radius 1 is 1.03 bits per heavy atom. The molecule has 1 atom stereocenters. The highest BCUT2D eigenvalue weighted by atomic mass is 16.5. The van der Waals surface area contributed by atoms with E-state index in [9.17, 15) is 4.79 Å². The van der Waals surface area contributed by atoms with Crippen molar-refractivity contribution < 1.29 is 14.3 Å². The molecule has 1 amide bonds. The molecule has 0 saturated heterocycles. The van der Waals surface area contributed by atoms with Crippen LogP contribution in [0.1, 0.15) is 39.9 Å². The summed E-state index contributed by atoms with van der Waals surface area (Å²) in [6.45, 7) is 5.11. The standard InChI is InChI=1S/C27H31N3O3/c1-18(16-30-13-12-20-14-25(32-2)26(33-3)15-21(20)17-30)19-8-10-22(11-9-19)29-27(31)23-6-4-5-7-24(23)28/h4-11,14-15,18H,12-13,16-17,28H2,1-3H3,(H,29,31). The summed E-state index contributed by atoms with van der Waals surface area (Å²) in [7, 11) is 3.35. The average molecular weight is 446 g/mol. The molecule has 0 saturated carbocycles. The molecule has 0 aliphatic carbocycles. The number of carbonyl (C=O) groups excluding carboxylic acids is 1. The second-order valence-corrected chi connectivity index (χ2v) is 8.53. The largest absolute Gasteiger partial charge is 0.493 e. The summed E-state index contributed by atoms with van der Waals surface area (Å²) in [6.07, 6.45) is 0.996. The smallest absolute Gasteiger partial charge is 0.257 e. The van der Waals surface area contributed by atoms with E-state index in [2.05, 4.69) is 41.4 Å². The van der Waals surface area contributed by atoms with E-state index in [0.717, 1.165) is 43.2 Å². The number of hydrogen-bond acceptors (Lipinski definition) is 5. The van der Waals surface area contributed by atoms with E-state index in [1.54, 1.807) is 26.4 Å². The molecule has 1 aliphatic rings. The van der Waals surface area contributed by atoms with Crippen LogP contribution < -0.4 is 20.5 Å². The maximum Gasteiger partial charge on any atom is 0.257 e. The van der Waals surface area contributed by atoms with Crippen LogP contribution in [0.25, 0.3) is 0 Å². The molecule has 1 heterocycles. The topological polar surface area (TPSA) is 76.8 Å². The fourth-order valence-corrected chi connectivity index (χ4v) is 4.39. The number of hydrogen-bond donors (Lipinski definition) is 2. The zero-order valence-electron chi connectivity index (χ0n) is 19.4. The molecule has 3 N–H and O–H groups in total. The van der Waals surface area contributed by atoms with Gasteiger partial charge >= 0.3 is 0 Å². The molecule has 3 aromatic carbocycles. The number of anilines is 2. The van der Waals surface area contributed by atoms with Gasteiger partial charge in [0.1, 0.15) is 0 Å². The van der Waals surface area contributed by atoms with E-state index in [1.165, 1.54) is 16.7 Å². The highest BCUT2D eigenvalue weighted by Crippen LogP contribution is 2.33. The fourth-order valence-electron chi connectivity index (χ4n) is 4.39. The molecular weight excluding hydrogens is 414 g/mol. The Morgan fingerprint density at radius 3 is 2.36 bits per heavy atom. The van der Waals surface area contributed by atoms with Crippen molar-refractivity contribution in [2.45, 2.75) is 25.8 Å². The van der Waals surface area contributed by atoms with Crippen LogP contribution in [0.4, 0.5) is 11.4 Å². The Labute approximate surface area is 195 Å². The number of rotatable bonds is 7. The molecule has 0 bridgehead atoms. The van der Waals surface area contributed by atoms with Crippen LogP contribution in [0, 0.1) is 0 Å². The van der Waals surface area contributed by atoms with Crippen LogP contribution in [-0.2, 0) is 13.0 Å². The lowest BCUT2D eigenvalue weighted by atomic mass is 9.95. The molecule has 0 radical (unpaired) electrons. The third-order valence-electron chi connectivity index (χ3n) is 6.27. The van der Waals surface area contributed by atoms with Crippen molar-refractivity contribution in [3.8, 4) is 11.5 Å². The van der Waals surface area contributed by atoms with Gasteiger partial charge in [-0.2, -0.15) is 0 Å². The Hall–Kier alpha value is -3.51. The first-order chi connectivity index (χ1) is 16.0. The third kappa shape index (κ3) is 5.12. The van der Waals surface area contributed by atoms with E-state index in [-0.39, 0.29) is 5.91 Å². The molecule has 0 fully saturated rings. The number of nitrogens with one attached hydrogen (secondary N) is 1. The second-order valence-electron chi connectivity index (χ2n) is 8.53. The molecule has 6 nitrogen and oxygen atoms in total. The van der Waals surface area contributed by atoms with Crippen molar-refractivity contribution in [2.24, 2.45) is 0 Å². The molecule has 6 heteroatoms. The van der Waals surface area contributed by atoms with Crippen molar-refractivity contribution in [3.05, 3.63) is 82.9 Å². The Morgan fingerprint density at radius 2 is 1.70 bits per heavy atom. The van der Waals surface area contributed by atoms with Crippen LogP contribution in [0.2, 0.25) is 0 Å². The zero-order valence-corrected chi connectivity index (χ0v) is 19.4. The fraction of sp³-hybridized carbons (Fsp3) is 0.296. The highest BCUT2D eigenvalue weighted by Gasteiger charge is 2.21. The number of para-hydroxylation sites is 1. The van der Waals surface area contributed by atoms with Gasteiger partial charge in [0.15, 0.2) is 11.5 Å². The van der Waals surface area contributed by atoms with Gasteiger partial charge < -0.3 is 20.5 Å². The SMILES string of the molecule is COc1cc2c(cc1OC)CN(CC(C)c1ccc(NC(=O)c3ccccc3N)cc1)CC2. The Balaban J connectivity index is 1.38. The summed E-state index contributed by atoms with van der Waals surface area (Å²) in [6, 6.07) is 19.3. The van der Waals surface area contributed by atoms with Crippen molar-refractivity contribution in [1.82, 2.24) is 4.90 Å². The molecule has 1 unspecified atom stereocenters. The number of nitrogen functional groups attached to an aromatic ring is 1. The zero-order chi connectivity index (χ0) is 23.4. The number of amides is 1. The van der Waals surface area contributed by atoms with Crippen molar-refractivity contribution in [1.29, 1.82) is 0 Å². The molecule has 3 aromatic rings. The quantitative estimate of drug-likeness (QED) is 0.516. The number of nitrogens with zero attached hydrogens (tertiary/aromatic N) is 1. The number of carbonyl (C=O) groups is 1. The van der Waals surface area contributed by atoms with Gasteiger partial charge in [0.2, 0.25) is 0 Å². The van der Waals surface area contributed by atoms with Crippen LogP contribution in [-0.4, -0.2) is 38.1 Å². The predicted octanol–water partition coefficient (Wildman–Crippen LogP) is 4.70. The highest BCUT2D eigenvalue weighted by molar-refractivity contribution is 6.07. The lowest BCUT2D eigenvalue weighted by Crippen LogP contribution is -2.33. The van der Waals surface area contributed by atoms with E-state index in [0.29, 0.717) is 17.2 Å². The van der Waals surface area contributed by atoms with Crippen molar-refractivity contribution in [2.75, 3.05) is 38.4 Å². The van der Waals surface area contributed by atoms with Crippen LogP contribution in [0.3, 0.4) is 0 Å². The normalized spacial score (nSPS) is 14.3. The van der Waals surface area contributed by atoms with Crippen molar-refractivity contribution >= 4 is 17.3 Å². The van der Waals surface area contributed by atoms with Crippen molar-refractivity contribution in [3.63, 3.8) is 0 Å². The summed E-state index contributed by atoms with van der Waals surface area (Å²) in [5.41, 5.74) is 11.5. The minimum atomic E-state index is -0.201. The van der Waals surface area contributed by atoms with E-state index < -0.39 is 0 Å². The molecule has 33 heavy (non-hydrogen) atoms. The minimum absolute atomic E-state index is 0.201. The lowest BCUT2D eigenvalue weighted by molar-refractivity contribution is 0.102. The predicted molar refractivity (Wildman–Crippen MR) is 132 cm³/mol. The van der Waals surface area contributed by atoms with Gasteiger partial charge in [0.25, 0.3) is 5.91 Å². The van der Waals surface area contributed by atoms with Gasteiger partial charge in [-0.05, 0) is 65.4 Å². The molecular formula is C27H31N3O3. The molecule has 172 valence electrons. The number of fused-ring (bicyclic) bond motifs is 1. The van der Waals surface area contributed by atoms with Crippen LogP contribution >= 0.6 is 0 Å². The summed E-state index contributed by atoms with van der Waals surface area (Å²) in [5, 5.41) is 2.93. The van der Waals surface area contributed by atoms with Gasteiger partial charge in [-0.15, -0.1) is 0 Å². The van der Waals surface area contributed by atoms with Crippen LogP contribution in [0.15, 0.2) is 60.7 Å². The first-order valence-corrected chi connectivity index (χ1v) is 11.2. The maximum absolute atomic E-state index is 12.5. The number of benzene rings is 3. The Bertz CT molecular complexity index is 1130. The molecule has 4 rings (SSSR count). The minimum Gasteiger partial charge on any atom is -0.493 e. The summed E-state index contributed by atoms with van der Waals surface area (Å²) in [5.74, 6) is 1.73. The van der Waals surface area contributed by atoms with E-state index in [1.807, 2.05) is 24.3 Å². The number of nitrogens with two attached hydrogens (primary N) is 1. The van der Waals surface area contributed by atoms with E-state index in [4.69, 9.17) is 15.2 Å². The van der Waals surface area contributed by atoms with Gasteiger partial charge in [0.05, 0.1) is 19.8 Å². The molecule has 0 aromatic heterocycles. The number of ether oxygens (including phenoxy) is 2. The number of methoxy groups -OCH3 is 2. The molecule has 0 spiro atoms. The third-order valence-corrected chi connectivity index (χ3v) is 6.27. The monoisotopic (exact) mass is 445 g/mol. The average Bonchev–Trinajstić information content (AvgIpc) is 2.83. The summed E-state index contributed by atoms with van der Waals surface area (Å²) < 4.78 is 10.9. The molecule has 1 aliphatic heterocycles. The maximum atomic E-state index is 12.5. The van der Waals surface area contributed by atoms with Crippen LogP contribution in [0.5, 0.6) is 11.5 Å². The Kier molecular flexibility index (Phi) is 6.84. The van der Waals surface area contributed by atoms with Gasteiger partial charge in [-0.3, -0.25) is 9.69 Å². The second kappa shape index (κ2) is 9.96. The van der Waals surface area contributed by atoms with Gasteiger partial charge in [0, 0.05) is 31.0 Å². The summed E-state index contributed by atoms with van der Waals surface area (Å²) >= 11 is 0. The van der Waals surface area contributed by atoms with Gasteiger partial charge in [-0.1, -0.05) is 31.2 Å². The lowest BCUT2D eigenvalue weighted by Gasteiger charge is -2.31.